The van der Waals surface area contributed by atoms with Gasteiger partial charge in [-0.15, -0.1) is 0 Å². The van der Waals surface area contributed by atoms with E-state index in [1.807, 2.05) is 6.20 Å². The molecule has 0 saturated heterocycles. The Kier molecular flexibility index (Phi) is 4.34. The Morgan fingerprint density at radius 2 is 1.90 bits per heavy atom. The van der Waals surface area contributed by atoms with Crippen LogP contribution in [0.1, 0.15) is 13.3 Å². The normalized spacial score (nSPS) is 10.8. The zero-order valence-electron chi connectivity index (χ0n) is 11.8. The van der Waals surface area contributed by atoms with Gasteiger partial charge in [0.15, 0.2) is 5.82 Å². The third-order valence-electron chi connectivity index (χ3n) is 3.32. The van der Waals surface area contributed by atoms with Crippen LogP contribution in [0.3, 0.4) is 0 Å². The van der Waals surface area contributed by atoms with Crippen LogP contribution < -0.4 is 5.32 Å². The molecule has 0 saturated carbocycles. The van der Waals surface area contributed by atoms with E-state index in [9.17, 15) is 0 Å². The predicted molar refractivity (Wildman–Crippen MR) is 96.5 cm³/mol. The highest BCUT2D eigenvalue weighted by Gasteiger charge is 2.09. The largest absolute Gasteiger partial charge is 0.369 e. The van der Waals surface area contributed by atoms with Gasteiger partial charge in [-0.3, -0.25) is 0 Å². The van der Waals surface area contributed by atoms with Crippen LogP contribution in [-0.4, -0.2) is 16.5 Å². The lowest BCUT2D eigenvalue weighted by Crippen LogP contribution is -2.05. The minimum atomic E-state index is 0.769. The highest BCUT2D eigenvalue weighted by Crippen LogP contribution is 2.27. The molecule has 0 radical (unpaired) electrons. The van der Waals surface area contributed by atoms with Crippen molar-refractivity contribution in [3.05, 3.63) is 52.2 Å². The van der Waals surface area contributed by atoms with Gasteiger partial charge in [0, 0.05) is 18.3 Å². The third kappa shape index (κ3) is 3.00. The van der Waals surface area contributed by atoms with E-state index in [-0.39, 0.29) is 0 Å². The summed E-state index contributed by atoms with van der Waals surface area (Å²) in [7, 11) is 0. The lowest BCUT2D eigenvalue weighted by atomic mass is 10.0. The van der Waals surface area contributed by atoms with Gasteiger partial charge in [0.25, 0.3) is 0 Å². The summed E-state index contributed by atoms with van der Waals surface area (Å²) in [5.41, 5.74) is 1.07. The topological polar surface area (TPSA) is 37.8 Å². The first kappa shape index (κ1) is 14.3. The van der Waals surface area contributed by atoms with Gasteiger partial charge in [-0.25, -0.2) is 9.97 Å². The number of hydrogen-bond acceptors (Lipinski definition) is 3. The van der Waals surface area contributed by atoms with Crippen molar-refractivity contribution in [1.82, 2.24) is 9.97 Å². The van der Waals surface area contributed by atoms with E-state index in [0.29, 0.717) is 0 Å². The van der Waals surface area contributed by atoms with Gasteiger partial charge in [-0.2, -0.15) is 0 Å². The molecule has 0 amide bonds. The molecular weight excluding hydrogens is 373 g/mol. The number of nitrogens with one attached hydrogen (secondary N) is 1. The molecule has 0 atom stereocenters. The summed E-state index contributed by atoms with van der Waals surface area (Å²) in [5.74, 6) is 1.68. The van der Waals surface area contributed by atoms with E-state index in [0.717, 1.165) is 33.7 Å². The average molecular weight is 389 g/mol. The fraction of sp³-hybridized carbons (Fsp3) is 0.176. The fourth-order valence-corrected chi connectivity index (χ4v) is 2.74. The molecule has 1 heterocycles. The van der Waals surface area contributed by atoms with Crippen LogP contribution in [0.25, 0.3) is 22.2 Å². The van der Waals surface area contributed by atoms with Crippen molar-refractivity contribution in [1.29, 1.82) is 0 Å². The average Bonchev–Trinajstić information content (AvgIpc) is 2.54. The van der Waals surface area contributed by atoms with Crippen LogP contribution >= 0.6 is 22.6 Å². The molecule has 0 bridgehead atoms. The summed E-state index contributed by atoms with van der Waals surface area (Å²) < 4.78 is 1.05. The quantitative estimate of drug-likeness (QED) is 0.656. The highest BCUT2D eigenvalue weighted by molar-refractivity contribution is 14.1. The first-order valence-electron chi connectivity index (χ1n) is 7.04. The summed E-state index contributed by atoms with van der Waals surface area (Å²) in [4.78, 5) is 9.21. The van der Waals surface area contributed by atoms with Crippen molar-refractivity contribution in [3.8, 4) is 11.4 Å². The molecular formula is C17H16IN3. The zero-order chi connectivity index (χ0) is 14.7. The van der Waals surface area contributed by atoms with E-state index >= 15 is 0 Å². The molecule has 1 N–H and O–H groups in total. The first-order valence-corrected chi connectivity index (χ1v) is 8.12. The van der Waals surface area contributed by atoms with Crippen LogP contribution in [0.15, 0.2) is 48.7 Å². The van der Waals surface area contributed by atoms with Crippen LogP contribution in [0.5, 0.6) is 0 Å². The Bertz CT molecular complexity index is 766. The van der Waals surface area contributed by atoms with Gasteiger partial charge < -0.3 is 5.32 Å². The summed E-state index contributed by atoms with van der Waals surface area (Å²) >= 11 is 2.27. The third-order valence-corrected chi connectivity index (χ3v) is 4.11. The van der Waals surface area contributed by atoms with E-state index in [4.69, 9.17) is 4.98 Å². The van der Waals surface area contributed by atoms with Crippen LogP contribution in [0.2, 0.25) is 0 Å². The standard InChI is InChI=1S/C17H16IN3/c1-2-10-19-17-15(18)11-20-16(21-17)14-9-5-7-12-6-3-4-8-13(12)14/h3-9,11H,2,10H2,1H3,(H,19,20,21). The summed E-state index contributed by atoms with van der Waals surface area (Å²) in [5, 5.41) is 5.75. The van der Waals surface area contributed by atoms with Crippen molar-refractivity contribution in [2.75, 3.05) is 11.9 Å². The molecule has 4 heteroatoms. The van der Waals surface area contributed by atoms with E-state index in [1.165, 1.54) is 10.8 Å². The van der Waals surface area contributed by atoms with E-state index < -0.39 is 0 Å². The van der Waals surface area contributed by atoms with Crippen molar-refractivity contribution >= 4 is 39.2 Å². The summed E-state index contributed by atoms with van der Waals surface area (Å²) in [6.45, 7) is 3.06. The Morgan fingerprint density at radius 1 is 1.10 bits per heavy atom. The minimum Gasteiger partial charge on any atom is -0.369 e. The predicted octanol–water partition coefficient (Wildman–Crippen LogP) is 4.72. The SMILES string of the molecule is CCCNc1nc(-c2cccc3ccccc23)ncc1I. The first-order chi connectivity index (χ1) is 10.3. The fourth-order valence-electron chi connectivity index (χ4n) is 2.28. The number of fused-ring (bicyclic) bond motifs is 1. The van der Waals surface area contributed by atoms with Crippen molar-refractivity contribution < 1.29 is 0 Å². The molecule has 0 aliphatic heterocycles. The maximum absolute atomic E-state index is 4.70. The number of anilines is 1. The highest BCUT2D eigenvalue weighted by atomic mass is 127. The van der Waals surface area contributed by atoms with Gasteiger partial charge in [0.05, 0.1) is 3.57 Å². The van der Waals surface area contributed by atoms with E-state index in [1.54, 1.807) is 0 Å². The molecule has 0 fully saturated rings. The molecule has 1 aromatic heterocycles. The molecule has 0 aliphatic carbocycles. The number of nitrogens with zero attached hydrogens (tertiary/aromatic N) is 2. The smallest absolute Gasteiger partial charge is 0.162 e. The Labute approximate surface area is 138 Å². The number of benzene rings is 2. The van der Waals surface area contributed by atoms with Crippen molar-refractivity contribution in [3.63, 3.8) is 0 Å². The number of aromatic nitrogens is 2. The summed E-state index contributed by atoms with van der Waals surface area (Å²) in [6, 6.07) is 14.6. The molecule has 106 valence electrons. The zero-order valence-corrected chi connectivity index (χ0v) is 14.0. The minimum absolute atomic E-state index is 0.769. The van der Waals surface area contributed by atoms with Gasteiger partial charge in [0.2, 0.25) is 0 Å². The monoisotopic (exact) mass is 389 g/mol. The molecule has 0 spiro atoms. The Morgan fingerprint density at radius 3 is 2.76 bits per heavy atom. The van der Waals surface area contributed by atoms with Gasteiger partial charge >= 0.3 is 0 Å². The molecule has 21 heavy (non-hydrogen) atoms. The molecule has 2 aromatic carbocycles. The molecule has 0 unspecified atom stereocenters. The second kappa shape index (κ2) is 6.39. The molecule has 0 aliphatic rings. The lowest BCUT2D eigenvalue weighted by Gasteiger charge is -2.10. The maximum Gasteiger partial charge on any atom is 0.162 e. The van der Waals surface area contributed by atoms with Crippen LogP contribution in [0.4, 0.5) is 5.82 Å². The second-order valence-electron chi connectivity index (χ2n) is 4.84. The maximum atomic E-state index is 4.70. The van der Waals surface area contributed by atoms with E-state index in [2.05, 4.69) is 82.3 Å². The van der Waals surface area contributed by atoms with Crippen LogP contribution in [0, 0.1) is 3.57 Å². The Balaban J connectivity index is 2.10. The second-order valence-corrected chi connectivity index (χ2v) is 6.01. The molecule has 3 rings (SSSR count). The number of halogens is 1. The van der Waals surface area contributed by atoms with Gasteiger partial charge in [0.1, 0.15) is 5.82 Å². The van der Waals surface area contributed by atoms with Gasteiger partial charge in [-0.05, 0) is 39.8 Å². The van der Waals surface area contributed by atoms with Crippen LogP contribution in [-0.2, 0) is 0 Å². The van der Waals surface area contributed by atoms with Crippen molar-refractivity contribution in [2.24, 2.45) is 0 Å². The number of hydrogen-bond donors (Lipinski definition) is 1. The molecule has 3 nitrogen and oxygen atoms in total. The van der Waals surface area contributed by atoms with Gasteiger partial charge in [-0.1, -0.05) is 49.4 Å². The summed E-state index contributed by atoms with van der Waals surface area (Å²) in [6.07, 6.45) is 2.95. The molecule has 3 aromatic rings. The van der Waals surface area contributed by atoms with Crippen molar-refractivity contribution in [2.45, 2.75) is 13.3 Å². The number of rotatable bonds is 4. The lowest BCUT2D eigenvalue weighted by molar-refractivity contribution is 0.963. The Hall–Kier alpha value is -1.69.